The van der Waals surface area contributed by atoms with E-state index in [1.165, 1.54) is 16.8 Å². The zero-order chi connectivity index (χ0) is 18.0. The molecule has 4 heteroatoms. The lowest BCUT2D eigenvalue weighted by molar-refractivity contribution is 0.414. The SMILES string of the molecule is COc1ccc(CN2CCC(C#N)c3cc(Cl)cc(C(C)C)c32)cc1. The highest BCUT2D eigenvalue weighted by atomic mass is 35.5. The smallest absolute Gasteiger partial charge is 0.118 e. The van der Waals surface area contributed by atoms with E-state index in [2.05, 4.69) is 36.9 Å². The van der Waals surface area contributed by atoms with Gasteiger partial charge in [-0.25, -0.2) is 0 Å². The lowest BCUT2D eigenvalue weighted by Gasteiger charge is -2.36. The highest BCUT2D eigenvalue weighted by molar-refractivity contribution is 6.30. The van der Waals surface area contributed by atoms with Crippen LogP contribution in [0, 0.1) is 11.3 Å². The molecule has 0 spiro atoms. The third-order valence-corrected chi connectivity index (χ3v) is 5.04. The highest BCUT2D eigenvalue weighted by Crippen LogP contribution is 2.42. The molecule has 25 heavy (non-hydrogen) atoms. The lowest BCUT2D eigenvalue weighted by Crippen LogP contribution is -2.31. The van der Waals surface area contributed by atoms with E-state index in [0.717, 1.165) is 30.8 Å². The zero-order valence-electron chi connectivity index (χ0n) is 14.9. The van der Waals surface area contributed by atoms with Gasteiger partial charge in [0, 0.05) is 23.8 Å². The van der Waals surface area contributed by atoms with Crippen LogP contribution in [0.4, 0.5) is 5.69 Å². The summed E-state index contributed by atoms with van der Waals surface area (Å²) in [5.41, 5.74) is 4.70. The first-order valence-corrected chi connectivity index (χ1v) is 9.02. The van der Waals surface area contributed by atoms with E-state index in [-0.39, 0.29) is 5.92 Å². The molecule has 2 aromatic carbocycles. The Labute approximate surface area is 154 Å². The Morgan fingerprint density at radius 2 is 2.00 bits per heavy atom. The fraction of sp³-hybridized carbons (Fsp3) is 0.381. The summed E-state index contributed by atoms with van der Waals surface area (Å²) in [6, 6.07) is 14.6. The topological polar surface area (TPSA) is 36.3 Å². The van der Waals surface area contributed by atoms with Crippen LogP contribution >= 0.6 is 11.6 Å². The average molecular weight is 355 g/mol. The predicted molar refractivity (Wildman–Crippen MR) is 103 cm³/mol. The van der Waals surface area contributed by atoms with Crippen LogP contribution in [0.5, 0.6) is 5.75 Å². The van der Waals surface area contributed by atoms with Gasteiger partial charge in [-0.15, -0.1) is 0 Å². The number of nitriles is 1. The second kappa shape index (κ2) is 7.37. The van der Waals surface area contributed by atoms with Crippen LogP contribution < -0.4 is 9.64 Å². The van der Waals surface area contributed by atoms with Crippen LogP contribution in [-0.4, -0.2) is 13.7 Å². The Hall–Kier alpha value is -2.18. The largest absolute Gasteiger partial charge is 0.497 e. The molecule has 1 atom stereocenters. The molecule has 0 saturated carbocycles. The first-order chi connectivity index (χ1) is 12.0. The molecule has 130 valence electrons. The number of halogens is 1. The van der Waals surface area contributed by atoms with Crippen LogP contribution in [-0.2, 0) is 6.54 Å². The fourth-order valence-electron chi connectivity index (χ4n) is 3.51. The van der Waals surface area contributed by atoms with Crippen molar-refractivity contribution in [1.29, 1.82) is 5.26 Å². The van der Waals surface area contributed by atoms with E-state index in [4.69, 9.17) is 16.3 Å². The third-order valence-electron chi connectivity index (χ3n) is 4.82. The van der Waals surface area contributed by atoms with Gasteiger partial charge in [-0.3, -0.25) is 0 Å². The minimum atomic E-state index is -0.0849. The lowest BCUT2D eigenvalue weighted by atomic mass is 9.86. The van der Waals surface area contributed by atoms with Crippen LogP contribution in [0.25, 0.3) is 0 Å². The molecular weight excluding hydrogens is 332 g/mol. The van der Waals surface area contributed by atoms with Crippen LogP contribution in [0.3, 0.4) is 0 Å². The van der Waals surface area contributed by atoms with Crippen molar-refractivity contribution in [3.05, 3.63) is 58.1 Å². The predicted octanol–water partition coefficient (Wildman–Crippen LogP) is 5.49. The summed E-state index contributed by atoms with van der Waals surface area (Å²) in [6.45, 7) is 6.04. The monoisotopic (exact) mass is 354 g/mol. The molecule has 0 amide bonds. The zero-order valence-corrected chi connectivity index (χ0v) is 15.7. The van der Waals surface area contributed by atoms with Gasteiger partial charge in [-0.2, -0.15) is 5.26 Å². The first-order valence-electron chi connectivity index (χ1n) is 8.64. The van der Waals surface area contributed by atoms with Gasteiger partial charge in [0.1, 0.15) is 5.75 Å². The quantitative estimate of drug-likeness (QED) is 0.728. The van der Waals surface area contributed by atoms with Gasteiger partial charge in [0.05, 0.1) is 19.1 Å². The van der Waals surface area contributed by atoms with Gasteiger partial charge >= 0.3 is 0 Å². The van der Waals surface area contributed by atoms with Gasteiger partial charge in [0.25, 0.3) is 0 Å². The molecule has 0 fully saturated rings. The molecule has 0 N–H and O–H groups in total. The molecule has 2 aromatic rings. The number of ether oxygens (including phenoxy) is 1. The van der Waals surface area contributed by atoms with Crippen LogP contribution in [0.1, 0.15) is 48.8 Å². The Balaban J connectivity index is 2.01. The van der Waals surface area contributed by atoms with E-state index in [1.807, 2.05) is 24.3 Å². The maximum atomic E-state index is 9.57. The van der Waals surface area contributed by atoms with Crippen LogP contribution in [0.15, 0.2) is 36.4 Å². The number of hydrogen-bond acceptors (Lipinski definition) is 3. The van der Waals surface area contributed by atoms with Gasteiger partial charge in [0.15, 0.2) is 0 Å². The highest BCUT2D eigenvalue weighted by Gasteiger charge is 2.28. The van der Waals surface area contributed by atoms with E-state index < -0.39 is 0 Å². The molecule has 0 saturated heterocycles. The normalized spacial score (nSPS) is 16.5. The van der Waals surface area contributed by atoms with Gasteiger partial charge in [-0.05, 0) is 53.3 Å². The molecule has 1 unspecified atom stereocenters. The summed E-state index contributed by atoms with van der Waals surface area (Å²) < 4.78 is 5.24. The van der Waals surface area contributed by atoms with E-state index in [1.54, 1.807) is 7.11 Å². The molecular formula is C21H23ClN2O. The average Bonchev–Trinajstić information content (AvgIpc) is 2.61. The number of nitrogens with zero attached hydrogens (tertiary/aromatic N) is 2. The molecule has 1 aliphatic heterocycles. The molecule has 1 heterocycles. The van der Waals surface area contributed by atoms with Crippen molar-refractivity contribution in [1.82, 2.24) is 0 Å². The number of hydrogen-bond donors (Lipinski definition) is 0. The van der Waals surface area contributed by atoms with E-state index >= 15 is 0 Å². The minimum Gasteiger partial charge on any atom is -0.497 e. The van der Waals surface area contributed by atoms with Crippen molar-refractivity contribution in [2.75, 3.05) is 18.6 Å². The maximum Gasteiger partial charge on any atom is 0.118 e. The van der Waals surface area contributed by atoms with Crippen molar-refractivity contribution in [2.24, 2.45) is 0 Å². The minimum absolute atomic E-state index is 0.0849. The van der Waals surface area contributed by atoms with Gasteiger partial charge < -0.3 is 9.64 Å². The summed E-state index contributed by atoms with van der Waals surface area (Å²) in [5.74, 6) is 1.13. The summed E-state index contributed by atoms with van der Waals surface area (Å²) in [7, 11) is 1.68. The summed E-state index contributed by atoms with van der Waals surface area (Å²) >= 11 is 6.35. The van der Waals surface area contributed by atoms with E-state index in [9.17, 15) is 5.26 Å². The second-order valence-electron chi connectivity index (χ2n) is 6.83. The number of benzene rings is 2. The number of rotatable bonds is 4. The Morgan fingerprint density at radius 3 is 2.60 bits per heavy atom. The van der Waals surface area contributed by atoms with Crippen molar-refractivity contribution in [2.45, 2.75) is 38.6 Å². The van der Waals surface area contributed by atoms with Crippen molar-refractivity contribution < 1.29 is 4.74 Å². The summed E-state index contributed by atoms with van der Waals surface area (Å²) in [6.07, 6.45) is 0.831. The Morgan fingerprint density at radius 1 is 1.28 bits per heavy atom. The number of fused-ring (bicyclic) bond motifs is 1. The fourth-order valence-corrected chi connectivity index (χ4v) is 3.74. The van der Waals surface area contributed by atoms with E-state index in [0.29, 0.717) is 10.9 Å². The second-order valence-corrected chi connectivity index (χ2v) is 7.26. The molecule has 3 rings (SSSR count). The van der Waals surface area contributed by atoms with Crippen LogP contribution in [0.2, 0.25) is 5.02 Å². The van der Waals surface area contributed by atoms with Gasteiger partial charge in [-0.1, -0.05) is 37.6 Å². The Kier molecular flexibility index (Phi) is 5.20. The number of methoxy groups -OCH3 is 1. The van der Waals surface area contributed by atoms with Crippen molar-refractivity contribution >= 4 is 17.3 Å². The summed E-state index contributed by atoms with van der Waals surface area (Å²) in [5, 5.41) is 10.3. The summed E-state index contributed by atoms with van der Waals surface area (Å²) in [4.78, 5) is 2.39. The maximum absolute atomic E-state index is 9.57. The first kappa shape index (κ1) is 17.6. The Bertz CT molecular complexity index is 793. The van der Waals surface area contributed by atoms with Crippen molar-refractivity contribution in [3.8, 4) is 11.8 Å². The third kappa shape index (κ3) is 3.60. The standard InChI is InChI=1S/C21H23ClN2O/c1-14(2)19-10-17(22)11-20-16(12-23)8-9-24(21(19)20)13-15-4-6-18(25-3)7-5-15/h4-7,10-11,14,16H,8-9,13H2,1-3H3. The van der Waals surface area contributed by atoms with Gasteiger partial charge in [0.2, 0.25) is 0 Å². The molecule has 3 nitrogen and oxygen atoms in total. The molecule has 1 aliphatic rings. The molecule has 0 radical (unpaired) electrons. The van der Waals surface area contributed by atoms with Crippen molar-refractivity contribution in [3.63, 3.8) is 0 Å². The molecule has 0 aliphatic carbocycles. The molecule has 0 aromatic heterocycles. The number of anilines is 1. The molecule has 0 bridgehead atoms.